The highest BCUT2D eigenvalue weighted by Crippen LogP contribution is 2.44. The number of carbonyl (C=O) groups is 1. The van der Waals surface area contributed by atoms with E-state index in [1.807, 2.05) is 0 Å². The molecule has 3 unspecified atom stereocenters. The summed E-state index contributed by atoms with van der Waals surface area (Å²) in [6.45, 7) is 13.7. The van der Waals surface area contributed by atoms with E-state index in [0.717, 1.165) is 19.4 Å². The molecule has 0 spiro atoms. The molecular weight excluding hydrogens is 350 g/mol. The highest BCUT2D eigenvalue weighted by atomic mass is 28.4. The summed E-state index contributed by atoms with van der Waals surface area (Å²) in [5, 5.41) is 0.325. The van der Waals surface area contributed by atoms with Gasteiger partial charge in [0.2, 0.25) is 0 Å². The van der Waals surface area contributed by atoms with Gasteiger partial charge in [-0.15, -0.1) is 0 Å². The molecule has 0 saturated heterocycles. The lowest BCUT2D eigenvalue weighted by molar-refractivity contribution is -0.122. The van der Waals surface area contributed by atoms with E-state index >= 15 is 0 Å². The zero-order valence-corrected chi connectivity index (χ0v) is 20.0. The summed E-state index contributed by atoms with van der Waals surface area (Å²) < 4.78 is 6.25. The molecule has 158 valence electrons. The largest absolute Gasteiger partial charge is 0.417 e. The maximum Gasteiger partial charge on any atom is 0.191 e. The topological polar surface area (TPSA) is 29.5 Å². The van der Waals surface area contributed by atoms with E-state index in [0.29, 0.717) is 28.7 Å². The van der Waals surface area contributed by atoms with Gasteiger partial charge in [0.1, 0.15) is 5.78 Å². The van der Waals surface area contributed by atoms with Gasteiger partial charge in [-0.1, -0.05) is 52.9 Å². The predicted octanol–water partition coefficient (Wildman–Crippen LogP) is 6.04. The number of carbonyl (C=O) groups excluding carboxylic acids is 1. The molecule has 2 aliphatic carbocycles. The summed E-state index contributed by atoms with van der Waals surface area (Å²) in [5.41, 5.74) is 0. The average molecular weight is 396 g/mol. The number of rotatable bonds is 12. The second-order valence-electron chi connectivity index (χ2n) is 10.7. The third kappa shape index (κ3) is 6.40. The van der Waals surface area contributed by atoms with E-state index < -0.39 is 8.32 Å². The molecule has 0 aromatic rings. The average Bonchev–Trinajstić information content (AvgIpc) is 3.12. The number of hydrogen-bond donors (Lipinski definition) is 0. The van der Waals surface area contributed by atoms with E-state index in [1.54, 1.807) is 0 Å². The van der Waals surface area contributed by atoms with Crippen LogP contribution in [0.2, 0.25) is 18.1 Å². The Morgan fingerprint density at radius 1 is 1.00 bits per heavy atom. The molecule has 0 radical (unpaired) electrons. The van der Waals surface area contributed by atoms with Gasteiger partial charge in [0, 0.05) is 25.0 Å². The fraction of sp³-hybridized carbons (Fsp3) is 0.957. The first-order chi connectivity index (χ1) is 12.6. The van der Waals surface area contributed by atoms with E-state index in [4.69, 9.17) is 4.43 Å². The highest BCUT2D eigenvalue weighted by Gasteiger charge is 2.48. The third-order valence-electron chi connectivity index (χ3n) is 7.55. The van der Waals surface area contributed by atoms with Crippen molar-refractivity contribution in [1.82, 2.24) is 4.90 Å². The van der Waals surface area contributed by atoms with Crippen molar-refractivity contribution in [3.63, 3.8) is 0 Å². The molecule has 27 heavy (non-hydrogen) atoms. The van der Waals surface area contributed by atoms with Crippen LogP contribution >= 0.6 is 0 Å². The zero-order valence-electron chi connectivity index (χ0n) is 19.0. The van der Waals surface area contributed by atoms with Gasteiger partial charge in [-0.25, -0.2) is 0 Å². The molecule has 3 nitrogen and oxygen atoms in total. The molecule has 0 aliphatic heterocycles. The number of nitrogens with zero attached hydrogens (tertiary/aromatic N) is 1. The van der Waals surface area contributed by atoms with Crippen molar-refractivity contribution in [3.8, 4) is 0 Å². The summed E-state index contributed by atoms with van der Waals surface area (Å²) in [7, 11) is 0.698. The van der Waals surface area contributed by atoms with Crippen molar-refractivity contribution >= 4 is 14.1 Å². The van der Waals surface area contributed by atoms with E-state index in [1.165, 1.54) is 57.9 Å². The van der Waals surface area contributed by atoms with Crippen LogP contribution in [0, 0.1) is 11.8 Å². The third-order valence-corrected chi connectivity index (χ3v) is 12.1. The summed E-state index contributed by atoms with van der Waals surface area (Å²) in [6.07, 6.45) is 12.5. The molecule has 2 rings (SSSR count). The lowest BCUT2D eigenvalue weighted by Crippen LogP contribution is -2.40. The van der Waals surface area contributed by atoms with Crippen molar-refractivity contribution < 1.29 is 9.22 Å². The van der Waals surface area contributed by atoms with Crippen LogP contribution in [-0.4, -0.2) is 45.2 Å². The Hall–Kier alpha value is -0.193. The van der Waals surface area contributed by atoms with Gasteiger partial charge in [0.25, 0.3) is 0 Å². The number of ketones is 1. The smallest absolute Gasteiger partial charge is 0.191 e. The highest BCUT2D eigenvalue weighted by molar-refractivity contribution is 6.74. The van der Waals surface area contributed by atoms with Crippen LogP contribution in [0.3, 0.4) is 0 Å². The van der Waals surface area contributed by atoms with Gasteiger partial charge in [-0.2, -0.15) is 0 Å². The first kappa shape index (κ1) is 23.1. The summed E-state index contributed by atoms with van der Waals surface area (Å²) >= 11 is 0. The van der Waals surface area contributed by atoms with E-state index in [2.05, 4.69) is 45.8 Å². The zero-order chi connectivity index (χ0) is 20.1. The van der Waals surface area contributed by atoms with Crippen LogP contribution < -0.4 is 0 Å². The lowest BCUT2D eigenvalue weighted by Gasteiger charge is -2.36. The molecular formula is C23H45NO2Si. The second-order valence-corrected chi connectivity index (χ2v) is 15.5. The van der Waals surface area contributed by atoms with Crippen LogP contribution in [0.1, 0.15) is 85.0 Å². The minimum Gasteiger partial charge on any atom is -0.417 e. The van der Waals surface area contributed by atoms with Crippen molar-refractivity contribution in [3.05, 3.63) is 0 Å². The van der Waals surface area contributed by atoms with Crippen LogP contribution in [0.4, 0.5) is 0 Å². The molecule has 0 aromatic heterocycles. The molecule has 3 atom stereocenters. The Morgan fingerprint density at radius 3 is 2.11 bits per heavy atom. The van der Waals surface area contributed by atoms with E-state index in [9.17, 15) is 4.79 Å². The van der Waals surface area contributed by atoms with Crippen LogP contribution in [-0.2, 0) is 9.22 Å². The van der Waals surface area contributed by atoms with Crippen LogP contribution in [0.25, 0.3) is 0 Å². The maximum atomic E-state index is 11.9. The van der Waals surface area contributed by atoms with Gasteiger partial charge >= 0.3 is 0 Å². The molecule has 4 heteroatoms. The van der Waals surface area contributed by atoms with Gasteiger partial charge in [0.05, 0.1) is 0 Å². The molecule has 2 fully saturated rings. The second kappa shape index (κ2) is 10.0. The quantitative estimate of drug-likeness (QED) is 0.298. The molecule has 2 saturated carbocycles. The van der Waals surface area contributed by atoms with E-state index in [-0.39, 0.29) is 0 Å². The van der Waals surface area contributed by atoms with Crippen molar-refractivity contribution in [1.29, 1.82) is 0 Å². The van der Waals surface area contributed by atoms with Gasteiger partial charge in [0.15, 0.2) is 8.32 Å². The standard InChI is InChI=1S/C23H45NO2Si/c1-23(2,3)27(5,6)26-17-13-11-9-7-8-10-12-16-24(4)22-19-14-15-20(22)21(25)18-19/h19-20,22H,7-18H2,1-6H3. The van der Waals surface area contributed by atoms with Gasteiger partial charge < -0.3 is 9.33 Å². The molecule has 0 N–H and O–H groups in total. The Morgan fingerprint density at radius 2 is 1.59 bits per heavy atom. The summed E-state index contributed by atoms with van der Waals surface area (Å²) in [5.74, 6) is 1.58. The molecule has 2 aliphatic rings. The summed E-state index contributed by atoms with van der Waals surface area (Å²) in [6, 6.07) is 0.568. The van der Waals surface area contributed by atoms with Gasteiger partial charge in [-0.3, -0.25) is 4.79 Å². The van der Waals surface area contributed by atoms with Crippen LogP contribution in [0.5, 0.6) is 0 Å². The predicted molar refractivity (Wildman–Crippen MR) is 118 cm³/mol. The Labute approximate surface area is 169 Å². The summed E-state index contributed by atoms with van der Waals surface area (Å²) in [4.78, 5) is 14.4. The SMILES string of the molecule is CN(CCCCCCCCCO[Si](C)(C)C(C)(C)C)C1C2CCC1C(=O)C2. The van der Waals surface area contributed by atoms with Crippen molar-refractivity contribution in [2.75, 3.05) is 20.2 Å². The fourth-order valence-corrected chi connectivity index (χ4v) is 5.84. The first-order valence-electron chi connectivity index (χ1n) is 11.5. The Bertz CT molecular complexity index is 471. The number of hydrogen-bond acceptors (Lipinski definition) is 3. The monoisotopic (exact) mass is 395 g/mol. The Kier molecular flexibility index (Phi) is 8.57. The molecule has 0 aromatic carbocycles. The minimum atomic E-state index is -1.55. The van der Waals surface area contributed by atoms with Gasteiger partial charge in [-0.05, 0) is 63.3 Å². The number of unbranched alkanes of at least 4 members (excludes halogenated alkanes) is 6. The number of Topliss-reactive ketones (excluding diaryl/α,β-unsaturated/α-hetero) is 1. The maximum absolute atomic E-state index is 11.9. The fourth-order valence-electron chi connectivity index (χ4n) is 4.75. The van der Waals surface area contributed by atoms with Crippen molar-refractivity contribution in [2.24, 2.45) is 11.8 Å². The van der Waals surface area contributed by atoms with Crippen LogP contribution in [0.15, 0.2) is 0 Å². The minimum absolute atomic E-state index is 0.325. The number of fused-ring (bicyclic) bond motifs is 2. The van der Waals surface area contributed by atoms with Crippen molar-refractivity contribution in [2.45, 2.75) is 109 Å². The first-order valence-corrected chi connectivity index (χ1v) is 14.4. The molecule has 0 heterocycles. The Balaban J connectivity index is 1.44. The molecule has 2 bridgehead atoms. The molecule has 0 amide bonds. The lowest BCUT2D eigenvalue weighted by atomic mass is 10.00. The normalized spacial score (nSPS) is 25.7.